The van der Waals surface area contributed by atoms with Crippen molar-refractivity contribution in [3.05, 3.63) is 65.8 Å². The van der Waals surface area contributed by atoms with Crippen molar-refractivity contribution >= 4 is 12.0 Å². The molecule has 0 saturated carbocycles. The highest BCUT2D eigenvalue weighted by Gasteiger charge is 2.16. The van der Waals surface area contributed by atoms with E-state index in [2.05, 4.69) is 16.3 Å². The minimum atomic E-state index is -0.154. The first-order valence-corrected chi connectivity index (χ1v) is 8.53. The molecule has 0 unspecified atom stereocenters. The second-order valence-corrected chi connectivity index (χ2v) is 5.81. The van der Waals surface area contributed by atoms with E-state index in [-0.39, 0.29) is 18.3 Å². The van der Waals surface area contributed by atoms with Crippen LogP contribution in [-0.4, -0.2) is 27.5 Å². The van der Waals surface area contributed by atoms with E-state index in [1.54, 1.807) is 47.4 Å². The number of benzene rings is 1. The van der Waals surface area contributed by atoms with Crippen LogP contribution in [0.1, 0.15) is 30.4 Å². The van der Waals surface area contributed by atoms with Crippen molar-refractivity contribution in [2.45, 2.75) is 19.9 Å². The average molecular weight is 362 g/mol. The minimum Gasteiger partial charge on any atom is -0.459 e. The number of aromatic nitrogens is 2. The zero-order valence-electron chi connectivity index (χ0n) is 14.8. The van der Waals surface area contributed by atoms with Crippen LogP contribution < -0.4 is 0 Å². The van der Waals surface area contributed by atoms with E-state index in [9.17, 15) is 4.79 Å². The molecule has 7 nitrogen and oxygen atoms in total. The zero-order chi connectivity index (χ0) is 19.1. The van der Waals surface area contributed by atoms with Gasteiger partial charge in [0.2, 0.25) is 11.8 Å². The Labute approximate surface area is 156 Å². The molecule has 3 rings (SSSR count). The zero-order valence-corrected chi connectivity index (χ0v) is 14.8. The van der Waals surface area contributed by atoms with Crippen molar-refractivity contribution in [3.63, 3.8) is 0 Å². The Morgan fingerprint density at radius 2 is 2.07 bits per heavy atom. The molecule has 1 amide bonds. The Kier molecular flexibility index (Phi) is 5.80. The first-order valence-electron chi connectivity index (χ1n) is 8.53. The third kappa shape index (κ3) is 4.70. The van der Waals surface area contributed by atoms with Gasteiger partial charge in [-0.15, -0.1) is 10.2 Å². The van der Waals surface area contributed by atoms with Gasteiger partial charge in [-0.2, -0.15) is 5.26 Å². The predicted octanol–water partition coefficient (Wildman–Crippen LogP) is 3.65. The van der Waals surface area contributed by atoms with E-state index >= 15 is 0 Å². The van der Waals surface area contributed by atoms with Crippen molar-refractivity contribution in [3.8, 4) is 17.7 Å². The quantitative estimate of drug-likeness (QED) is 0.595. The number of hydrogen-bond acceptors (Lipinski definition) is 6. The fourth-order valence-corrected chi connectivity index (χ4v) is 2.46. The summed E-state index contributed by atoms with van der Waals surface area (Å²) in [5.41, 5.74) is 1.42. The molecule has 1 aromatic carbocycles. The summed E-state index contributed by atoms with van der Waals surface area (Å²) in [5.74, 6) is 0.962. The molecule has 0 aliphatic heterocycles. The first kappa shape index (κ1) is 18.1. The second kappa shape index (κ2) is 8.63. The molecule has 27 heavy (non-hydrogen) atoms. The van der Waals surface area contributed by atoms with Crippen LogP contribution in [0.25, 0.3) is 17.7 Å². The van der Waals surface area contributed by atoms with Gasteiger partial charge < -0.3 is 13.7 Å². The minimum absolute atomic E-state index is 0.154. The number of rotatable bonds is 7. The molecule has 7 heteroatoms. The topological polar surface area (TPSA) is 96.2 Å². The van der Waals surface area contributed by atoms with E-state index in [0.717, 1.165) is 12.0 Å². The van der Waals surface area contributed by atoms with E-state index in [4.69, 9.17) is 14.1 Å². The van der Waals surface area contributed by atoms with Crippen molar-refractivity contribution < 1.29 is 13.6 Å². The molecule has 0 N–H and O–H groups in total. The molecule has 2 heterocycles. The molecular weight excluding hydrogens is 344 g/mol. The highest BCUT2D eigenvalue weighted by molar-refractivity contribution is 5.91. The summed E-state index contributed by atoms with van der Waals surface area (Å²) in [7, 11) is 0. The van der Waals surface area contributed by atoms with Crippen LogP contribution in [0.5, 0.6) is 0 Å². The van der Waals surface area contributed by atoms with Crippen LogP contribution in [0.15, 0.2) is 57.6 Å². The smallest absolute Gasteiger partial charge is 0.283 e. The van der Waals surface area contributed by atoms with E-state index < -0.39 is 0 Å². The van der Waals surface area contributed by atoms with Gasteiger partial charge in [-0.25, -0.2) is 0 Å². The average Bonchev–Trinajstić information content (AvgIpc) is 3.38. The third-order valence-corrected chi connectivity index (χ3v) is 3.79. The molecule has 0 atom stereocenters. The highest BCUT2D eigenvalue weighted by Crippen LogP contribution is 2.18. The number of carbonyl (C=O) groups is 1. The van der Waals surface area contributed by atoms with E-state index in [0.29, 0.717) is 23.8 Å². The summed E-state index contributed by atoms with van der Waals surface area (Å²) < 4.78 is 10.8. The predicted molar refractivity (Wildman–Crippen MR) is 97.9 cm³/mol. The Morgan fingerprint density at radius 1 is 1.26 bits per heavy atom. The second-order valence-electron chi connectivity index (χ2n) is 5.81. The molecule has 0 fully saturated rings. The Balaban J connectivity index is 1.68. The van der Waals surface area contributed by atoms with Crippen molar-refractivity contribution in [1.82, 2.24) is 15.1 Å². The Morgan fingerprint density at radius 3 is 2.74 bits per heavy atom. The lowest BCUT2D eigenvalue weighted by molar-refractivity contribution is -0.126. The fourth-order valence-electron chi connectivity index (χ4n) is 2.46. The van der Waals surface area contributed by atoms with Crippen molar-refractivity contribution in [2.24, 2.45) is 0 Å². The molecule has 2 aromatic heterocycles. The maximum atomic E-state index is 12.5. The molecule has 3 aromatic rings. The van der Waals surface area contributed by atoms with Crippen LogP contribution in [0.2, 0.25) is 0 Å². The molecule has 0 aliphatic rings. The van der Waals surface area contributed by atoms with Crippen LogP contribution in [0.3, 0.4) is 0 Å². The number of hydrogen-bond donors (Lipinski definition) is 0. The number of nitrogens with zero attached hydrogens (tertiary/aromatic N) is 4. The van der Waals surface area contributed by atoms with Gasteiger partial charge in [0.05, 0.1) is 24.4 Å². The van der Waals surface area contributed by atoms with Gasteiger partial charge in [-0.1, -0.05) is 19.1 Å². The molecule has 0 saturated heterocycles. The lowest BCUT2D eigenvalue weighted by Gasteiger charge is -2.18. The number of nitriles is 1. The largest absolute Gasteiger partial charge is 0.459 e. The van der Waals surface area contributed by atoms with Gasteiger partial charge in [0.1, 0.15) is 0 Å². The number of furan rings is 1. The number of amides is 1. The van der Waals surface area contributed by atoms with Gasteiger partial charge >= 0.3 is 0 Å². The summed E-state index contributed by atoms with van der Waals surface area (Å²) in [4.78, 5) is 14.2. The summed E-state index contributed by atoms with van der Waals surface area (Å²) in [5, 5.41) is 16.8. The summed E-state index contributed by atoms with van der Waals surface area (Å²) >= 11 is 0. The maximum Gasteiger partial charge on any atom is 0.283 e. The third-order valence-electron chi connectivity index (χ3n) is 3.79. The molecule has 0 bridgehead atoms. The highest BCUT2D eigenvalue weighted by atomic mass is 16.4. The van der Waals surface area contributed by atoms with Gasteiger partial charge in [-0.05, 0) is 42.3 Å². The molecule has 0 spiro atoms. The summed E-state index contributed by atoms with van der Waals surface area (Å²) in [6.45, 7) is 2.78. The standard InChI is InChI=1S/C20H18N4O3/c1-2-11-24(14-18-22-23-20(27-18)17-4-3-12-26-17)19(25)10-9-15-5-7-16(13-21)8-6-15/h3-10,12H,2,11,14H2,1H3/b10-9+. The van der Waals surface area contributed by atoms with Gasteiger partial charge in [0.15, 0.2) is 5.76 Å². The van der Waals surface area contributed by atoms with Crippen LogP contribution in [0, 0.1) is 11.3 Å². The van der Waals surface area contributed by atoms with Crippen LogP contribution >= 0.6 is 0 Å². The van der Waals surface area contributed by atoms with Gasteiger partial charge in [0, 0.05) is 12.6 Å². The van der Waals surface area contributed by atoms with Gasteiger partial charge in [-0.3, -0.25) is 4.79 Å². The lowest BCUT2D eigenvalue weighted by atomic mass is 10.1. The SMILES string of the molecule is CCCN(Cc1nnc(-c2ccco2)o1)C(=O)/C=C/c1ccc(C#N)cc1. The van der Waals surface area contributed by atoms with Crippen LogP contribution in [-0.2, 0) is 11.3 Å². The molecule has 0 aliphatic carbocycles. The van der Waals surface area contributed by atoms with Gasteiger partial charge in [0.25, 0.3) is 5.89 Å². The molecular formula is C20H18N4O3. The maximum absolute atomic E-state index is 12.5. The van der Waals surface area contributed by atoms with Crippen molar-refractivity contribution in [1.29, 1.82) is 5.26 Å². The van der Waals surface area contributed by atoms with Crippen molar-refractivity contribution in [2.75, 3.05) is 6.54 Å². The van der Waals surface area contributed by atoms with Crippen LogP contribution in [0.4, 0.5) is 0 Å². The van der Waals surface area contributed by atoms with E-state index in [1.165, 1.54) is 12.3 Å². The molecule has 136 valence electrons. The fraction of sp³-hybridized carbons (Fsp3) is 0.200. The van der Waals surface area contributed by atoms with E-state index in [1.807, 2.05) is 6.92 Å². The Hall–Kier alpha value is -3.66. The monoisotopic (exact) mass is 362 g/mol. The lowest BCUT2D eigenvalue weighted by Crippen LogP contribution is -2.29. The number of carbonyl (C=O) groups excluding carboxylic acids is 1. The Bertz CT molecular complexity index is 950. The molecule has 0 radical (unpaired) electrons. The normalized spacial score (nSPS) is 10.8. The summed E-state index contributed by atoms with van der Waals surface area (Å²) in [6.07, 6.45) is 5.55. The first-order chi connectivity index (χ1) is 13.2. The summed E-state index contributed by atoms with van der Waals surface area (Å²) in [6, 6.07) is 12.5.